The predicted molar refractivity (Wildman–Crippen MR) is 183 cm³/mol. The highest BCUT2D eigenvalue weighted by Crippen LogP contribution is 2.33. The Morgan fingerprint density at radius 1 is 0.977 bits per heavy atom. The number of halogens is 1. The summed E-state index contributed by atoms with van der Waals surface area (Å²) in [5.41, 5.74) is 5.84. The fourth-order valence-electron chi connectivity index (χ4n) is 5.39. The summed E-state index contributed by atoms with van der Waals surface area (Å²) in [6.07, 6.45) is 3.82. The summed E-state index contributed by atoms with van der Waals surface area (Å²) >= 11 is 6.67. The Morgan fingerprint density at radius 3 is 2.44 bits per heavy atom. The third-order valence-corrected chi connectivity index (χ3v) is 9.43. The van der Waals surface area contributed by atoms with E-state index in [-0.39, 0.29) is 16.0 Å². The molecule has 1 aliphatic rings. The number of pyridine rings is 1. The van der Waals surface area contributed by atoms with Crippen molar-refractivity contribution in [2.75, 3.05) is 49.7 Å². The molecule has 1 fully saturated rings. The van der Waals surface area contributed by atoms with Crippen LogP contribution in [0.4, 0.5) is 17.3 Å². The quantitative estimate of drug-likeness (QED) is 0.208. The van der Waals surface area contributed by atoms with Crippen LogP contribution in [0.25, 0.3) is 22.2 Å². The summed E-state index contributed by atoms with van der Waals surface area (Å²) in [4.78, 5) is 29.5. The molecule has 0 aliphatic carbocycles. The van der Waals surface area contributed by atoms with Gasteiger partial charge in [0, 0.05) is 70.2 Å². The van der Waals surface area contributed by atoms with Crippen molar-refractivity contribution >= 4 is 56.3 Å². The zero-order valence-corrected chi connectivity index (χ0v) is 26.3. The summed E-state index contributed by atoms with van der Waals surface area (Å²) in [7, 11) is 1.93. The van der Waals surface area contributed by atoms with Gasteiger partial charge in [-0.3, -0.25) is 9.36 Å². The number of likely N-dealkylation sites (N-methyl/N-ethyl adjacent to an activating group) is 1. The third-order valence-electron chi connectivity index (χ3n) is 8.04. The van der Waals surface area contributed by atoms with E-state index < -0.39 is 0 Å². The Hall–Kier alpha value is -3.98. The van der Waals surface area contributed by atoms with Gasteiger partial charge in [0.25, 0.3) is 5.56 Å². The molecule has 1 atom stereocenters. The molecule has 0 saturated carbocycles. The number of rotatable bonds is 7. The van der Waals surface area contributed by atoms with Crippen LogP contribution in [0.2, 0.25) is 5.02 Å². The lowest BCUT2D eigenvalue weighted by Gasteiger charge is -2.34. The maximum Gasteiger partial charge on any atom is 0.260 e. The van der Waals surface area contributed by atoms with Crippen molar-refractivity contribution in [3.63, 3.8) is 0 Å². The molecule has 1 N–H and O–H groups in total. The number of hydrogen-bond acceptors (Lipinski definition) is 6. The van der Waals surface area contributed by atoms with Gasteiger partial charge in [-0.1, -0.05) is 41.7 Å². The van der Waals surface area contributed by atoms with E-state index in [9.17, 15) is 4.79 Å². The number of fused-ring (bicyclic) bond motifs is 1. The van der Waals surface area contributed by atoms with Gasteiger partial charge >= 0.3 is 0 Å². The second kappa shape index (κ2) is 12.3. The van der Waals surface area contributed by atoms with Crippen molar-refractivity contribution in [2.24, 2.45) is 0 Å². The molecule has 2 aromatic heterocycles. The number of aromatic nitrogens is 3. The largest absolute Gasteiger partial charge is 0.369 e. The zero-order chi connectivity index (χ0) is 30.1. The summed E-state index contributed by atoms with van der Waals surface area (Å²) in [6.45, 7) is 6.57. The molecule has 9 heteroatoms. The Balaban J connectivity index is 1.40. The van der Waals surface area contributed by atoms with Gasteiger partial charge in [-0.05, 0) is 79.9 Å². The Labute approximate surface area is 259 Å². The lowest BCUT2D eigenvalue weighted by molar-refractivity contribution is 0.313. The Kier molecular flexibility index (Phi) is 8.34. The highest BCUT2D eigenvalue weighted by molar-refractivity contribution is 8.13. The van der Waals surface area contributed by atoms with Crippen molar-refractivity contribution in [1.29, 1.82) is 0 Å². The van der Waals surface area contributed by atoms with Crippen LogP contribution in [0.3, 0.4) is 0 Å². The Bertz CT molecular complexity index is 1880. The van der Waals surface area contributed by atoms with E-state index in [1.54, 1.807) is 10.8 Å². The summed E-state index contributed by atoms with van der Waals surface area (Å²) in [6, 6.07) is 24.1. The number of anilines is 3. The molecule has 3 aromatic carbocycles. The van der Waals surface area contributed by atoms with Crippen LogP contribution in [0.15, 0.2) is 88.7 Å². The van der Waals surface area contributed by atoms with Crippen LogP contribution >= 0.6 is 22.1 Å². The minimum Gasteiger partial charge on any atom is -0.369 e. The zero-order valence-electron chi connectivity index (χ0n) is 24.7. The molecule has 1 aliphatic heterocycles. The van der Waals surface area contributed by atoms with Gasteiger partial charge in [-0.2, -0.15) is 15.5 Å². The SMILES string of the molecule is C=S(C)c1ccc(Cl)c(-c2cc3cnc(Nc4ccc(N5CCN(C)CC5)cc4)nc3n(Cc3ccccc3C)c2=O)c1. The highest BCUT2D eigenvalue weighted by Gasteiger charge is 2.18. The number of aryl methyl sites for hydroxylation is 1. The van der Waals surface area contributed by atoms with Gasteiger partial charge in [-0.25, -0.2) is 4.98 Å². The fraction of sp³-hybridized carbons (Fsp3) is 0.235. The molecule has 1 saturated heterocycles. The van der Waals surface area contributed by atoms with E-state index >= 15 is 0 Å². The second-order valence-electron chi connectivity index (χ2n) is 11.1. The smallest absolute Gasteiger partial charge is 0.260 e. The van der Waals surface area contributed by atoms with E-state index in [4.69, 9.17) is 16.6 Å². The standard InChI is InChI=1S/C34H35ClN6OS/c1-23-7-5-6-8-24(23)22-41-32-25(19-30(33(41)42)29-20-28(43(3)4)13-14-31(29)35)21-36-34(38-32)37-26-9-11-27(12-10-26)40-17-15-39(2)16-18-40/h5-14,19-21H,3,15-18,22H2,1-2,4H3,(H,36,37,38). The van der Waals surface area contributed by atoms with Crippen LogP contribution in [0.1, 0.15) is 11.1 Å². The summed E-state index contributed by atoms with van der Waals surface area (Å²) in [5.74, 6) is 4.60. The van der Waals surface area contributed by atoms with E-state index in [2.05, 4.69) is 58.1 Å². The minimum atomic E-state index is -0.227. The first-order valence-corrected chi connectivity index (χ1v) is 16.5. The van der Waals surface area contributed by atoms with Crippen molar-refractivity contribution < 1.29 is 0 Å². The van der Waals surface area contributed by atoms with Gasteiger partial charge < -0.3 is 15.1 Å². The van der Waals surface area contributed by atoms with E-state index in [0.717, 1.165) is 53.3 Å². The first-order valence-electron chi connectivity index (χ1n) is 14.3. The average Bonchev–Trinajstić information content (AvgIpc) is 3.00. The molecular weight excluding hydrogens is 576 g/mol. The van der Waals surface area contributed by atoms with E-state index in [1.807, 2.05) is 60.9 Å². The molecular formula is C34H35ClN6OS. The van der Waals surface area contributed by atoms with Crippen LogP contribution in [-0.2, 0) is 6.54 Å². The summed E-state index contributed by atoms with van der Waals surface area (Å²) < 4.78 is 1.73. The molecule has 5 aromatic rings. The van der Waals surface area contributed by atoms with Crippen molar-refractivity contribution in [3.05, 3.63) is 105 Å². The highest BCUT2D eigenvalue weighted by atomic mass is 35.5. The maximum atomic E-state index is 14.2. The van der Waals surface area contributed by atoms with Gasteiger partial charge in [0.1, 0.15) is 5.65 Å². The number of nitrogens with zero attached hydrogens (tertiary/aromatic N) is 5. The molecule has 43 heavy (non-hydrogen) atoms. The van der Waals surface area contributed by atoms with Gasteiger partial charge in [0.2, 0.25) is 5.95 Å². The van der Waals surface area contributed by atoms with Crippen molar-refractivity contribution in [1.82, 2.24) is 19.4 Å². The molecule has 3 heterocycles. The van der Waals surface area contributed by atoms with Crippen LogP contribution in [0.5, 0.6) is 0 Å². The lowest BCUT2D eigenvalue weighted by atomic mass is 10.0. The number of piperazine rings is 1. The first-order chi connectivity index (χ1) is 20.8. The molecule has 0 spiro atoms. The molecule has 0 radical (unpaired) electrons. The van der Waals surface area contributed by atoms with Gasteiger partial charge in [0.05, 0.1) is 6.54 Å². The molecule has 220 valence electrons. The topological polar surface area (TPSA) is 66.3 Å². The molecule has 0 amide bonds. The number of benzene rings is 3. The van der Waals surface area contributed by atoms with Gasteiger partial charge in [0.15, 0.2) is 0 Å². The van der Waals surface area contributed by atoms with E-state index in [0.29, 0.717) is 34.3 Å². The molecule has 7 nitrogen and oxygen atoms in total. The lowest BCUT2D eigenvalue weighted by Crippen LogP contribution is -2.44. The van der Waals surface area contributed by atoms with E-state index in [1.165, 1.54) is 5.69 Å². The predicted octanol–water partition coefficient (Wildman–Crippen LogP) is 6.65. The normalized spacial score (nSPS) is 14.7. The van der Waals surface area contributed by atoms with Crippen LogP contribution in [0, 0.1) is 6.92 Å². The molecule has 1 unspecified atom stereocenters. The summed E-state index contributed by atoms with van der Waals surface area (Å²) in [5, 5.41) is 4.62. The molecule has 6 rings (SSSR count). The maximum absolute atomic E-state index is 14.2. The monoisotopic (exact) mass is 610 g/mol. The average molecular weight is 611 g/mol. The minimum absolute atomic E-state index is 0.156. The van der Waals surface area contributed by atoms with Crippen LogP contribution < -0.4 is 15.8 Å². The second-order valence-corrected chi connectivity index (χ2v) is 13.2. The fourth-order valence-corrected chi connectivity index (χ4v) is 6.23. The van der Waals surface area contributed by atoms with Crippen molar-refractivity contribution in [3.8, 4) is 11.1 Å². The molecule has 0 bridgehead atoms. The number of nitrogens with one attached hydrogen (secondary N) is 1. The van der Waals surface area contributed by atoms with Crippen molar-refractivity contribution in [2.45, 2.75) is 18.4 Å². The first kappa shape index (κ1) is 29.1. The van der Waals surface area contributed by atoms with Gasteiger partial charge in [-0.15, -0.1) is 0 Å². The third kappa shape index (κ3) is 6.22. The van der Waals surface area contributed by atoms with Crippen LogP contribution in [-0.4, -0.2) is 64.8 Å². The Morgan fingerprint density at radius 2 is 1.72 bits per heavy atom. The number of hydrogen-bond donors (Lipinski definition) is 1.